The molecule has 1 aliphatic rings. The van der Waals surface area contributed by atoms with Crippen molar-refractivity contribution in [2.24, 2.45) is 0 Å². The molecule has 2 amide bonds. The summed E-state index contributed by atoms with van der Waals surface area (Å²) in [5.74, 6) is -0.695. The van der Waals surface area contributed by atoms with Crippen molar-refractivity contribution in [2.75, 3.05) is 6.61 Å². The first-order valence-electron chi connectivity index (χ1n) is 6.86. The zero-order valence-corrected chi connectivity index (χ0v) is 12.5. The lowest BCUT2D eigenvalue weighted by Crippen LogP contribution is -2.45. The SMILES string of the molecule is CCOC(=O)C1=C(C)NC(=O)N[C@@H]1c1cccc(C(F)(F)F)c1. The van der Waals surface area contributed by atoms with E-state index in [9.17, 15) is 22.8 Å². The molecule has 0 bridgehead atoms. The van der Waals surface area contributed by atoms with Crippen LogP contribution in [0, 0.1) is 0 Å². The number of hydrogen-bond acceptors (Lipinski definition) is 3. The van der Waals surface area contributed by atoms with Crippen molar-refractivity contribution in [1.82, 2.24) is 10.6 Å². The van der Waals surface area contributed by atoms with Gasteiger partial charge in [-0.15, -0.1) is 0 Å². The first kappa shape index (κ1) is 16.9. The van der Waals surface area contributed by atoms with Crippen LogP contribution in [0.1, 0.15) is 31.0 Å². The van der Waals surface area contributed by atoms with Gasteiger partial charge < -0.3 is 15.4 Å². The van der Waals surface area contributed by atoms with Crippen LogP contribution < -0.4 is 10.6 Å². The molecule has 0 saturated heterocycles. The molecular weight excluding hydrogens is 313 g/mol. The third-order valence-corrected chi connectivity index (χ3v) is 3.31. The van der Waals surface area contributed by atoms with Crippen LogP contribution in [0.2, 0.25) is 0 Å². The van der Waals surface area contributed by atoms with Crippen molar-refractivity contribution >= 4 is 12.0 Å². The fraction of sp³-hybridized carbons (Fsp3) is 0.333. The zero-order chi connectivity index (χ0) is 17.2. The maximum absolute atomic E-state index is 12.9. The van der Waals surface area contributed by atoms with Gasteiger partial charge in [-0.2, -0.15) is 13.2 Å². The predicted octanol–water partition coefficient (Wildman–Crippen LogP) is 2.90. The Morgan fingerprint density at radius 1 is 1.35 bits per heavy atom. The normalized spacial score (nSPS) is 18.3. The van der Waals surface area contributed by atoms with Crippen LogP contribution in [0.15, 0.2) is 35.5 Å². The quantitative estimate of drug-likeness (QED) is 0.839. The van der Waals surface area contributed by atoms with Gasteiger partial charge in [0, 0.05) is 5.70 Å². The maximum atomic E-state index is 12.9. The summed E-state index contributed by atoms with van der Waals surface area (Å²) in [4.78, 5) is 23.7. The Bertz CT molecular complexity index is 668. The molecule has 0 radical (unpaired) electrons. The van der Waals surface area contributed by atoms with E-state index in [0.717, 1.165) is 12.1 Å². The molecule has 1 aromatic rings. The molecule has 0 saturated carbocycles. The summed E-state index contributed by atoms with van der Waals surface area (Å²) in [6, 6.07) is 2.86. The van der Waals surface area contributed by atoms with Gasteiger partial charge in [0.25, 0.3) is 0 Å². The number of amides is 2. The van der Waals surface area contributed by atoms with Gasteiger partial charge in [0.1, 0.15) is 0 Å². The minimum atomic E-state index is -4.52. The standard InChI is InChI=1S/C15H15F3N2O3/c1-3-23-13(21)11-8(2)19-14(22)20-12(11)9-5-4-6-10(7-9)15(16,17)18/h4-7,12H,3H2,1-2H3,(H2,19,20,22)/t12-/m1/s1. The fourth-order valence-corrected chi connectivity index (χ4v) is 2.32. The highest BCUT2D eigenvalue weighted by molar-refractivity contribution is 5.95. The predicted molar refractivity (Wildman–Crippen MR) is 75.2 cm³/mol. The molecule has 8 heteroatoms. The second-order valence-corrected chi connectivity index (χ2v) is 4.91. The number of rotatable bonds is 3. The Balaban J connectivity index is 2.48. The molecule has 1 heterocycles. The van der Waals surface area contributed by atoms with Crippen LogP contribution in [-0.4, -0.2) is 18.6 Å². The molecular formula is C15H15F3N2O3. The van der Waals surface area contributed by atoms with E-state index in [2.05, 4.69) is 10.6 Å². The molecule has 0 fully saturated rings. The van der Waals surface area contributed by atoms with E-state index in [-0.39, 0.29) is 23.4 Å². The number of esters is 1. The minimum Gasteiger partial charge on any atom is -0.463 e. The Labute approximate surface area is 130 Å². The molecule has 23 heavy (non-hydrogen) atoms. The zero-order valence-electron chi connectivity index (χ0n) is 12.5. The second-order valence-electron chi connectivity index (χ2n) is 4.91. The van der Waals surface area contributed by atoms with Crippen molar-refractivity contribution in [3.05, 3.63) is 46.7 Å². The number of allylic oxidation sites excluding steroid dienone is 1. The lowest BCUT2D eigenvalue weighted by molar-refractivity contribution is -0.139. The van der Waals surface area contributed by atoms with Gasteiger partial charge in [0.15, 0.2) is 0 Å². The monoisotopic (exact) mass is 328 g/mol. The number of carbonyl (C=O) groups is 2. The molecule has 2 rings (SSSR count). The molecule has 0 spiro atoms. The van der Waals surface area contributed by atoms with Gasteiger partial charge in [0.2, 0.25) is 0 Å². The first-order chi connectivity index (χ1) is 10.7. The number of benzene rings is 1. The molecule has 124 valence electrons. The third-order valence-electron chi connectivity index (χ3n) is 3.31. The summed E-state index contributed by atoms with van der Waals surface area (Å²) in [6.45, 7) is 3.21. The number of urea groups is 1. The minimum absolute atomic E-state index is 0.0748. The van der Waals surface area contributed by atoms with Gasteiger partial charge in [-0.25, -0.2) is 9.59 Å². The molecule has 0 unspecified atom stereocenters. The van der Waals surface area contributed by atoms with Crippen molar-refractivity contribution in [3.63, 3.8) is 0 Å². The van der Waals surface area contributed by atoms with Crippen molar-refractivity contribution < 1.29 is 27.5 Å². The Kier molecular flexibility index (Phi) is 4.63. The fourth-order valence-electron chi connectivity index (χ4n) is 2.32. The van der Waals surface area contributed by atoms with Gasteiger partial charge in [0.05, 0.1) is 23.8 Å². The Hall–Kier alpha value is -2.51. The van der Waals surface area contributed by atoms with Crippen LogP contribution in [0.4, 0.5) is 18.0 Å². The summed E-state index contributed by atoms with van der Waals surface area (Å²) >= 11 is 0. The number of carbonyl (C=O) groups excluding carboxylic acids is 2. The number of hydrogen-bond donors (Lipinski definition) is 2. The van der Waals surface area contributed by atoms with Crippen LogP contribution in [-0.2, 0) is 15.7 Å². The van der Waals surface area contributed by atoms with Crippen LogP contribution in [0.25, 0.3) is 0 Å². The van der Waals surface area contributed by atoms with Crippen LogP contribution in [0.3, 0.4) is 0 Å². The average molecular weight is 328 g/mol. The topological polar surface area (TPSA) is 67.4 Å². The second kappa shape index (κ2) is 6.31. The highest BCUT2D eigenvalue weighted by Gasteiger charge is 2.35. The largest absolute Gasteiger partial charge is 0.463 e. The van der Waals surface area contributed by atoms with Crippen LogP contribution in [0.5, 0.6) is 0 Å². The maximum Gasteiger partial charge on any atom is 0.416 e. The Morgan fingerprint density at radius 3 is 2.65 bits per heavy atom. The summed E-state index contributed by atoms with van der Waals surface area (Å²) in [6.07, 6.45) is -4.52. The van der Waals surface area contributed by atoms with Gasteiger partial charge in [-0.1, -0.05) is 12.1 Å². The lowest BCUT2D eigenvalue weighted by atomic mass is 9.94. The van der Waals surface area contributed by atoms with E-state index >= 15 is 0 Å². The summed E-state index contributed by atoms with van der Waals surface area (Å²) < 4.78 is 43.5. The van der Waals surface area contributed by atoms with E-state index in [1.165, 1.54) is 19.1 Å². The van der Waals surface area contributed by atoms with Crippen molar-refractivity contribution in [3.8, 4) is 0 Å². The number of ether oxygens (including phenoxy) is 1. The van der Waals surface area contributed by atoms with E-state index in [1.807, 2.05) is 0 Å². The van der Waals surface area contributed by atoms with E-state index in [0.29, 0.717) is 0 Å². The van der Waals surface area contributed by atoms with Crippen molar-refractivity contribution in [1.29, 1.82) is 0 Å². The van der Waals surface area contributed by atoms with Gasteiger partial charge in [-0.05, 0) is 31.5 Å². The van der Waals surface area contributed by atoms with Crippen LogP contribution >= 0.6 is 0 Å². The van der Waals surface area contributed by atoms with Crippen molar-refractivity contribution in [2.45, 2.75) is 26.1 Å². The van der Waals surface area contributed by atoms with Gasteiger partial charge >= 0.3 is 18.2 Å². The smallest absolute Gasteiger partial charge is 0.416 e. The molecule has 2 N–H and O–H groups in total. The van der Waals surface area contributed by atoms with E-state index < -0.39 is 29.8 Å². The molecule has 0 aromatic heterocycles. The Morgan fingerprint density at radius 2 is 2.04 bits per heavy atom. The first-order valence-corrected chi connectivity index (χ1v) is 6.86. The highest BCUT2D eigenvalue weighted by atomic mass is 19.4. The van der Waals surface area contributed by atoms with Gasteiger partial charge in [-0.3, -0.25) is 0 Å². The number of alkyl halides is 3. The summed E-state index contributed by atoms with van der Waals surface area (Å²) in [5, 5.41) is 4.87. The average Bonchev–Trinajstić information content (AvgIpc) is 2.45. The summed E-state index contributed by atoms with van der Waals surface area (Å²) in [5.41, 5.74) is -0.388. The number of nitrogens with one attached hydrogen (secondary N) is 2. The summed E-state index contributed by atoms with van der Waals surface area (Å²) in [7, 11) is 0. The lowest BCUT2D eigenvalue weighted by Gasteiger charge is -2.28. The molecule has 1 aromatic carbocycles. The van der Waals surface area contributed by atoms with E-state index in [4.69, 9.17) is 4.74 Å². The molecule has 0 aliphatic carbocycles. The highest BCUT2D eigenvalue weighted by Crippen LogP contribution is 2.33. The molecule has 1 aliphatic heterocycles. The molecule has 1 atom stereocenters. The number of halogens is 3. The van der Waals surface area contributed by atoms with E-state index in [1.54, 1.807) is 6.92 Å². The third kappa shape index (κ3) is 3.64. The molecule has 5 nitrogen and oxygen atoms in total.